The molecule has 5 rings (SSSR count). The monoisotopic (exact) mass is 486 g/mol. The van der Waals surface area contributed by atoms with Gasteiger partial charge in [-0.2, -0.15) is 4.98 Å². The van der Waals surface area contributed by atoms with Gasteiger partial charge in [-0.05, 0) is 49.1 Å². The Bertz CT molecular complexity index is 1230. The number of fused-ring (bicyclic) bond motifs is 1. The number of carboxylic acids is 1. The lowest BCUT2D eigenvalue weighted by molar-refractivity contribution is -0.0269. The van der Waals surface area contributed by atoms with Crippen LogP contribution in [0.1, 0.15) is 47.1 Å². The molecule has 1 fully saturated rings. The Hall–Kier alpha value is -3.82. The molecule has 0 amide bonds. The van der Waals surface area contributed by atoms with E-state index < -0.39 is 5.97 Å². The minimum Gasteiger partial charge on any atom is -0.475 e. The van der Waals surface area contributed by atoms with Gasteiger partial charge in [0.2, 0.25) is 0 Å². The molecule has 186 valence electrons. The predicted octanol–water partition coefficient (Wildman–Crippen LogP) is 3.90. The molecule has 4 aromatic rings. The van der Waals surface area contributed by atoms with Crippen molar-refractivity contribution in [3.8, 4) is 0 Å². The lowest BCUT2D eigenvalue weighted by Gasteiger charge is -2.34. The van der Waals surface area contributed by atoms with Crippen LogP contribution in [-0.4, -0.2) is 68.1 Å². The molecular formula is C27H30N6O3. The van der Waals surface area contributed by atoms with Crippen molar-refractivity contribution in [3.05, 3.63) is 89.7 Å². The highest BCUT2D eigenvalue weighted by Gasteiger charge is 2.24. The molecule has 3 heterocycles. The molecule has 2 aromatic carbocycles. The maximum atomic E-state index is 11.0. The smallest absolute Gasteiger partial charge is 0.375 e. The molecule has 0 atom stereocenters. The van der Waals surface area contributed by atoms with E-state index in [-0.39, 0.29) is 18.0 Å². The fraction of sp³-hybridized carbons (Fsp3) is 0.333. The van der Waals surface area contributed by atoms with Gasteiger partial charge in [0, 0.05) is 19.6 Å². The number of hydrogen-bond donors (Lipinski definition) is 2. The Morgan fingerprint density at radius 1 is 0.972 bits per heavy atom. The standard InChI is InChI=1S/C27H30N6O3/c34-27(35)26-29-24-13-12-23(30-33(24)31-26)28-16-7-17-32-18-14-22(15-19-32)36-25(20-8-3-1-4-9-20)21-10-5-2-6-11-21/h1-6,8-13,22,25H,7,14-19H2,(H,28,30)(H,34,35). The van der Waals surface area contributed by atoms with Crippen LogP contribution in [0.3, 0.4) is 0 Å². The molecule has 2 N–H and O–H groups in total. The Kier molecular flexibility index (Phi) is 7.49. The Balaban J connectivity index is 1.08. The van der Waals surface area contributed by atoms with E-state index in [9.17, 15) is 4.79 Å². The molecule has 0 radical (unpaired) electrons. The third-order valence-electron chi connectivity index (χ3n) is 6.42. The molecule has 1 saturated heterocycles. The van der Waals surface area contributed by atoms with Gasteiger partial charge in [-0.15, -0.1) is 14.8 Å². The van der Waals surface area contributed by atoms with Crippen molar-refractivity contribution in [2.45, 2.75) is 31.5 Å². The van der Waals surface area contributed by atoms with E-state index in [1.165, 1.54) is 15.8 Å². The zero-order valence-corrected chi connectivity index (χ0v) is 20.0. The highest BCUT2D eigenvalue weighted by molar-refractivity contribution is 5.83. The first-order valence-electron chi connectivity index (χ1n) is 12.3. The summed E-state index contributed by atoms with van der Waals surface area (Å²) >= 11 is 0. The van der Waals surface area contributed by atoms with Gasteiger partial charge in [-0.1, -0.05) is 60.7 Å². The van der Waals surface area contributed by atoms with Crippen LogP contribution in [0.5, 0.6) is 0 Å². The molecule has 1 aliphatic heterocycles. The molecule has 0 aliphatic carbocycles. The first-order valence-corrected chi connectivity index (χ1v) is 12.3. The van der Waals surface area contributed by atoms with Crippen molar-refractivity contribution in [1.82, 2.24) is 24.7 Å². The quantitative estimate of drug-likeness (QED) is 0.325. The largest absolute Gasteiger partial charge is 0.475 e. The maximum Gasteiger partial charge on any atom is 0.375 e. The van der Waals surface area contributed by atoms with Crippen molar-refractivity contribution >= 4 is 17.4 Å². The van der Waals surface area contributed by atoms with Crippen molar-refractivity contribution in [2.24, 2.45) is 0 Å². The first-order chi connectivity index (χ1) is 17.7. The fourth-order valence-electron chi connectivity index (χ4n) is 4.55. The second kappa shape index (κ2) is 11.3. The average molecular weight is 487 g/mol. The average Bonchev–Trinajstić information content (AvgIpc) is 3.36. The minimum absolute atomic E-state index is 0.0467. The van der Waals surface area contributed by atoms with E-state index in [0.717, 1.165) is 45.4 Å². The van der Waals surface area contributed by atoms with Crippen LogP contribution in [0.2, 0.25) is 0 Å². The summed E-state index contributed by atoms with van der Waals surface area (Å²) < 4.78 is 7.89. The minimum atomic E-state index is -1.17. The van der Waals surface area contributed by atoms with Crippen LogP contribution < -0.4 is 5.32 Å². The topological polar surface area (TPSA) is 105 Å². The van der Waals surface area contributed by atoms with Gasteiger partial charge in [-0.3, -0.25) is 0 Å². The predicted molar refractivity (Wildman–Crippen MR) is 136 cm³/mol. The van der Waals surface area contributed by atoms with Gasteiger partial charge >= 0.3 is 5.97 Å². The molecule has 2 aromatic heterocycles. The maximum absolute atomic E-state index is 11.0. The Morgan fingerprint density at radius 2 is 1.64 bits per heavy atom. The van der Waals surface area contributed by atoms with E-state index in [1.54, 1.807) is 12.1 Å². The number of benzene rings is 2. The van der Waals surface area contributed by atoms with Crippen LogP contribution in [0, 0.1) is 0 Å². The second-order valence-electron chi connectivity index (χ2n) is 8.97. The first kappa shape index (κ1) is 23.9. The normalized spacial score (nSPS) is 14.9. The van der Waals surface area contributed by atoms with Crippen LogP contribution in [0.25, 0.3) is 5.65 Å². The number of ether oxygens (including phenoxy) is 1. The number of nitrogens with zero attached hydrogens (tertiary/aromatic N) is 5. The third-order valence-corrected chi connectivity index (χ3v) is 6.42. The molecule has 9 heteroatoms. The van der Waals surface area contributed by atoms with Gasteiger partial charge in [0.1, 0.15) is 11.9 Å². The van der Waals surface area contributed by atoms with Crippen LogP contribution in [0.15, 0.2) is 72.8 Å². The summed E-state index contributed by atoms with van der Waals surface area (Å²) in [6, 6.07) is 24.4. The zero-order valence-electron chi connectivity index (χ0n) is 20.0. The number of likely N-dealkylation sites (tertiary alicyclic amines) is 1. The molecular weight excluding hydrogens is 456 g/mol. The molecule has 9 nitrogen and oxygen atoms in total. The highest BCUT2D eigenvalue weighted by atomic mass is 16.5. The number of rotatable bonds is 10. The summed E-state index contributed by atoms with van der Waals surface area (Å²) in [7, 11) is 0. The van der Waals surface area contributed by atoms with Crippen LogP contribution >= 0.6 is 0 Å². The zero-order chi connectivity index (χ0) is 24.7. The van der Waals surface area contributed by atoms with Crippen molar-refractivity contribution < 1.29 is 14.6 Å². The summed E-state index contributed by atoms with van der Waals surface area (Å²) in [6.07, 6.45) is 3.19. The Morgan fingerprint density at radius 3 is 2.28 bits per heavy atom. The number of piperidine rings is 1. The fourth-order valence-corrected chi connectivity index (χ4v) is 4.55. The highest BCUT2D eigenvalue weighted by Crippen LogP contribution is 2.30. The lowest BCUT2D eigenvalue weighted by atomic mass is 10.00. The number of hydrogen-bond acceptors (Lipinski definition) is 7. The van der Waals surface area contributed by atoms with Crippen LogP contribution in [0.4, 0.5) is 5.82 Å². The number of carbonyl (C=O) groups is 1. The van der Waals surface area contributed by atoms with Gasteiger partial charge in [-0.25, -0.2) is 4.79 Å². The Labute approximate surface area is 209 Å². The third kappa shape index (κ3) is 5.87. The van der Waals surface area contributed by atoms with E-state index >= 15 is 0 Å². The number of aromatic carboxylic acids is 1. The van der Waals surface area contributed by atoms with Crippen molar-refractivity contribution in [1.29, 1.82) is 0 Å². The number of aromatic nitrogens is 4. The van der Waals surface area contributed by atoms with E-state index in [4.69, 9.17) is 9.84 Å². The molecule has 36 heavy (non-hydrogen) atoms. The van der Waals surface area contributed by atoms with Gasteiger partial charge < -0.3 is 20.1 Å². The number of carboxylic acid groups (broad SMARTS) is 1. The SMILES string of the molecule is O=C(O)c1nc2ccc(NCCCN3CCC(OC(c4ccccc4)c4ccccc4)CC3)nn2n1. The van der Waals surface area contributed by atoms with Crippen LogP contribution in [-0.2, 0) is 4.74 Å². The molecule has 1 aliphatic rings. The van der Waals surface area contributed by atoms with Gasteiger partial charge in [0.05, 0.1) is 6.10 Å². The van der Waals surface area contributed by atoms with E-state index in [1.807, 2.05) is 12.1 Å². The van der Waals surface area contributed by atoms with Gasteiger partial charge in [0.15, 0.2) is 5.65 Å². The summed E-state index contributed by atoms with van der Waals surface area (Å²) in [5.74, 6) is -0.782. The molecule has 0 saturated carbocycles. The van der Waals surface area contributed by atoms with Crippen molar-refractivity contribution in [2.75, 3.05) is 31.5 Å². The number of anilines is 1. The van der Waals surface area contributed by atoms with E-state index in [2.05, 4.69) is 73.9 Å². The molecule has 0 spiro atoms. The van der Waals surface area contributed by atoms with Crippen molar-refractivity contribution in [3.63, 3.8) is 0 Å². The summed E-state index contributed by atoms with van der Waals surface area (Å²) in [4.78, 5) is 17.4. The molecule has 0 unspecified atom stereocenters. The summed E-state index contributed by atoms with van der Waals surface area (Å²) in [5.41, 5.74) is 2.79. The summed E-state index contributed by atoms with van der Waals surface area (Å²) in [6.45, 7) is 3.79. The lowest BCUT2D eigenvalue weighted by Crippen LogP contribution is -2.38. The van der Waals surface area contributed by atoms with E-state index in [0.29, 0.717) is 11.5 Å². The molecule has 0 bridgehead atoms. The van der Waals surface area contributed by atoms with Gasteiger partial charge in [0.25, 0.3) is 5.82 Å². The summed E-state index contributed by atoms with van der Waals surface area (Å²) in [5, 5.41) is 20.5. The second-order valence-corrected chi connectivity index (χ2v) is 8.97. The number of nitrogens with one attached hydrogen (secondary N) is 1.